The van der Waals surface area contributed by atoms with E-state index in [1.807, 2.05) is 0 Å². The van der Waals surface area contributed by atoms with E-state index in [2.05, 4.69) is 34.6 Å². The first-order chi connectivity index (χ1) is 9.81. The minimum absolute atomic E-state index is 0.394. The van der Waals surface area contributed by atoms with Gasteiger partial charge in [0.05, 0.1) is 0 Å². The van der Waals surface area contributed by atoms with Gasteiger partial charge in [-0.25, -0.2) is 0 Å². The van der Waals surface area contributed by atoms with Gasteiger partial charge >= 0.3 is 0 Å². The predicted molar refractivity (Wildman–Crippen MR) is 90.2 cm³/mol. The molecule has 0 heterocycles. The van der Waals surface area contributed by atoms with Crippen molar-refractivity contribution in [2.45, 2.75) is 79.6 Å². The van der Waals surface area contributed by atoms with Gasteiger partial charge in [-0.15, -0.1) is 0 Å². The number of carbonyl (C=O) groups is 1. The van der Waals surface area contributed by atoms with Crippen LogP contribution in [-0.4, -0.2) is 6.29 Å². The third kappa shape index (κ3) is 3.17. The lowest BCUT2D eigenvalue weighted by atomic mass is 9.50. The third-order valence-electron chi connectivity index (χ3n) is 6.36. The van der Waals surface area contributed by atoms with Crippen molar-refractivity contribution in [2.24, 2.45) is 16.7 Å². The van der Waals surface area contributed by atoms with Crippen molar-refractivity contribution in [2.75, 3.05) is 0 Å². The highest BCUT2D eigenvalue weighted by Crippen LogP contribution is 2.60. The number of hydrogen-bond donors (Lipinski definition) is 0. The Balaban J connectivity index is 2.25. The van der Waals surface area contributed by atoms with Gasteiger partial charge in [0.1, 0.15) is 6.29 Å². The maximum Gasteiger partial charge on any atom is 0.142 e. The van der Waals surface area contributed by atoms with Crippen molar-refractivity contribution in [3.05, 3.63) is 22.8 Å². The summed E-state index contributed by atoms with van der Waals surface area (Å²) >= 11 is 0. The van der Waals surface area contributed by atoms with Crippen molar-refractivity contribution in [1.82, 2.24) is 0 Å². The number of aldehydes is 1. The van der Waals surface area contributed by atoms with Crippen LogP contribution in [0, 0.1) is 16.7 Å². The van der Waals surface area contributed by atoms with Gasteiger partial charge in [-0.3, -0.25) is 4.79 Å². The van der Waals surface area contributed by atoms with Gasteiger partial charge in [0.15, 0.2) is 0 Å². The van der Waals surface area contributed by atoms with Crippen LogP contribution < -0.4 is 0 Å². The Morgan fingerprint density at radius 2 is 2.00 bits per heavy atom. The highest BCUT2D eigenvalue weighted by Gasteiger charge is 2.49. The lowest BCUT2D eigenvalue weighted by molar-refractivity contribution is -0.104. The molecule has 2 aliphatic rings. The summed E-state index contributed by atoms with van der Waals surface area (Å²) in [6.45, 7) is 11.9. The summed E-state index contributed by atoms with van der Waals surface area (Å²) in [5, 5.41) is 0. The monoisotopic (exact) mass is 288 g/mol. The standard InChI is InChI=1S/C20H32O/c1-15(11-14-21)7-9-17-16(2)8-10-18-19(3,4)12-6-13-20(17,18)5/h11,14,18H,6-10,12-13H2,1-5H3. The molecule has 21 heavy (non-hydrogen) atoms. The Labute approximate surface area is 130 Å². The summed E-state index contributed by atoms with van der Waals surface area (Å²) in [6, 6.07) is 0. The Morgan fingerprint density at radius 3 is 2.67 bits per heavy atom. The number of allylic oxidation sites excluding steroid dienone is 4. The van der Waals surface area contributed by atoms with Gasteiger partial charge in [-0.2, -0.15) is 0 Å². The second-order valence-electron chi connectivity index (χ2n) is 8.26. The lowest BCUT2D eigenvalue weighted by Crippen LogP contribution is -2.45. The molecular weight excluding hydrogens is 256 g/mol. The minimum Gasteiger partial charge on any atom is -0.299 e. The molecule has 2 aliphatic carbocycles. The van der Waals surface area contributed by atoms with Crippen molar-refractivity contribution >= 4 is 6.29 Å². The van der Waals surface area contributed by atoms with E-state index in [1.54, 1.807) is 17.2 Å². The summed E-state index contributed by atoms with van der Waals surface area (Å²) in [5.74, 6) is 0.827. The molecule has 0 spiro atoms. The van der Waals surface area contributed by atoms with E-state index < -0.39 is 0 Å². The van der Waals surface area contributed by atoms with Crippen LogP contribution in [-0.2, 0) is 4.79 Å². The molecule has 1 fully saturated rings. The topological polar surface area (TPSA) is 17.1 Å². The molecule has 0 radical (unpaired) electrons. The second kappa shape index (κ2) is 6.10. The second-order valence-corrected chi connectivity index (χ2v) is 8.26. The fourth-order valence-corrected chi connectivity index (χ4v) is 5.21. The van der Waals surface area contributed by atoms with Crippen LogP contribution in [0.4, 0.5) is 0 Å². The van der Waals surface area contributed by atoms with E-state index in [-0.39, 0.29) is 0 Å². The lowest BCUT2D eigenvalue weighted by Gasteiger charge is -2.55. The molecular formula is C20H32O. The average molecular weight is 288 g/mol. The Bertz CT molecular complexity index is 466. The van der Waals surface area contributed by atoms with E-state index >= 15 is 0 Å². The Morgan fingerprint density at radius 1 is 1.29 bits per heavy atom. The largest absolute Gasteiger partial charge is 0.299 e. The molecule has 0 aromatic heterocycles. The molecule has 2 unspecified atom stereocenters. The van der Waals surface area contributed by atoms with Gasteiger partial charge in [-0.1, -0.05) is 43.9 Å². The van der Waals surface area contributed by atoms with Crippen LogP contribution in [0.15, 0.2) is 22.8 Å². The van der Waals surface area contributed by atoms with Crippen LogP contribution in [0.3, 0.4) is 0 Å². The first-order valence-electron chi connectivity index (χ1n) is 8.61. The average Bonchev–Trinajstić information content (AvgIpc) is 2.37. The summed E-state index contributed by atoms with van der Waals surface area (Å²) in [5.41, 5.74) is 5.43. The summed E-state index contributed by atoms with van der Waals surface area (Å²) in [7, 11) is 0. The van der Waals surface area contributed by atoms with Crippen molar-refractivity contribution in [3.8, 4) is 0 Å². The van der Waals surface area contributed by atoms with Crippen LogP contribution >= 0.6 is 0 Å². The molecule has 0 N–H and O–H groups in total. The molecule has 0 aromatic rings. The van der Waals surface area contributed by atoms with Gasteiger partial charge in [0, 0.05) is 0 Å². The van der Waals surface area contributed by atoms with E-state index in [0.717, 1.165) is 25.0 Å². The molecule has 2 atom stereocenters. The van der Waals surface area contributed by atoms with Gasteiger partial charge < -0.3 is 0 Å². The number of rotatable bonds is 4. The zero-order valence-corrected chi connectivity index (χ0v) is 14.6. The van der Waals surface area contributed by atoms with Gasteiger partial charge in [-0.05, 0) is 75.2 Å². The molecule has 0 aromatic carbocycles. The van der Waals surface area contributed by atoms with E-state index in [1.165, 1.54) is 37.7 Å². The van der Waals surface area contributed by atoms with Crippen LogP contribution in [0.2, 0.25) is 0 Å². The van der Waals surface area contributed by atoms with Crippen molar-refractivity contribution in [3.63, 3.8) is 0 Å². The highest BCUT2D eigenvalue weighted by molar-refractivity contribution is 5.65. The summed E-state index contributed by atoms with van der Waals surface area (Å²) in [6.07, 6.45) is 11.6. The van der Waals surface area contributed by atoms with Crippen molar-refractivity contribution in [1.29, 1.82) is 0 Å². The third-order valence-corrected chi connectivity index (χ3v) is 6.36. The number of hydrogen-bond acceptors (Lipinski definition) is 1. The molecule has 0 bridgehead atoms. The molecule has 0 saturated heterocycles. The zero-order chi connectivity index (χ0) is 15.7. The van der Waals surface area contributed by atoms with Gasteiger partial charge in [0.2, 0.25) is 0 Å². The van der Waals surface area contributed by atoms with Crippen molar-refractivity contribution < 1.29 is 4.79 Å². The van der Waals surface area contributed by atoms with E-state index in [9.17, 15) is 4.79 Å². The Hall–Kier alpha value is -0.850. The number of carbonyl (C=O) groups excluding carboxylic acids is 1. The van der Waals surface area contributed by atoms with Crippen LogP contribution in [0.5, 0.6) is 0 Å². The first kappa shape index (κ1) is 16.5. The predicted octanol–water partition coefficient (Wildman–Crippen LogP) is 5.85. The normalized spacial score (nSPS) is 32.8. The SMILES string of the molecule is CC(=CC=O)CCC1=C(C)CCC2C(C)(C)CCCC12C. The number of fused-ring (bicyclic) bond motifs is 1. The molecule has 2 rings (SSSR count). The first-order valence-corrected chi connectivity index (χ1v) is 8.61. The maximum atomic E-state index is 10.6. The fraction of sp³-hybridized carbons (Fsp3) is 0.750. The fourth-order valence-electron chi connectivity index (χ4n) is 5.21. The van der Waals surface area contributed by atoms with Crippen LogP contribution in [0.1, 0.15) is 79.6 Å². The molecule has 1 heteroatoms. The maximum absolute atomic E-state index is 10.6. The summed E-state index contributed by atoms with van der Waals surface area (Å²) in [4.78, 5) is 10.6. The van der Waals surface area contributed by atoms with Crippen LogP contribution in [0.25, 0.3) is 0 Å². The molecule has 0 amide bonds. The molecule has 1 nitrogen and oxygen atoms in total. The quantitative estimate of drug-likeness (QED) is 0.360. The molecule has 118 valence electrons. The molecule has 0 aliphatic heterocycles. The van der Waals surface area contributed by atoms with E-state index in [0.29, 0.717) is 10.8 Å². The zero-order valence-electron chi connectivity index (χ0n) is 14.6. The smallest absolute Gasteiger partial charge is 0.142 e. The van der Waals surface area contributed by atoms with E-state index in [4.69, 9.17) is 0 Å². The molecule has 1 saturated carbocycles. The highest BCUT2D eigenvalue weighted by atomic mass is 16.1. The minimum atomic E-state index is 0.394. The Kier molecular flexibility index (Phi) is 4.80. The summed E-state index contributed by atoms with van der Waals surface area (Å²) < 4.78 is 0. The van der Waals surface area contributed by atoms with Gasteiger partial charge in [0.25, 0.3) is 0 Å².